The number of benzene rings is 1. The van der Waals surface area contributed by atoms with Crippen molar-refractivity contribution in [2.75, 3.05) is 0 Å². The number of hydrogen-bond donors (Lipinski definition) is 1. The van der Waals surface area contributed by atoms with Crippen LogP contribution in [0.25, 0.3) is 5.69 Å². The van der Waals surface area contributed by atoms with Crippen LogP contribution in [0.2, 0.25) is 0 Å². The lowest BCUT2D eigenvalue weighted by Gasteiger charge is -2.14. The van der Waals surface area contributed by atoms with E-state index in [1.807, 2.05) is 10.9 Å². The Morgan fingerprint density at radius 2 is 2.11 bits per heavy atom. The molecule has 3 nitrogen and oxygen atoms in total. The van der Waals surface area contributed by atoms with Crippen molar-refractivity contribution in [2.45, 2.75) is 33.2 Å². The molecule has 0 atom stereocenters. The van der Waals surface area contributed by atoms with Crippen molar-refractivity contribution < 1.29 is 0 Å². The van der Waals surface area contributed by atoms with Gasteiger partial charge in [-0.05, 0) is 46.5 Å². The van der Waals surface area contributed by atoms with Crippen molar-refractivity contribution in [3.8, 4) is 5.69 Å². The number of nitrogens with two attached hydrogens (primary N) is 1. The van der Waals surface area contributed by atoms with E-state index >= 15 is 0 Å². The highest BCUT2D eigenvalue weighted by Gasteiger charge is 2.15. The summed E-state index contributed by atoms with van der Waals surface area (Å²) in [6.07, 6.45) is 1.86. The zero-order valence-corrected chi connectivity index (χ0v) is 12.5. The molecule has 0 saturated heterocycles. The molecule has 0 radical (unpaired) electrons. The second-order valence-electron chi connectivity index (χ2n) is 4.78. The zero-order valence-electron chi connectivity index (χ0n) is 10.9. The third-order valence-electron chi connectivity index (χ3n) is 2.98. The van der Waals surface area contributed by atoms with Gasteiger partial charge in [0.25, 0.3) is 0 Å². The molecule has 4 heteroatoms. The van der Waals surface area contributed by atoms with E-state index in [1.165, 1.54) is 11.3 Å². The third-order valence-corrected chi connectivity index (χ3v) is 3.62. The molecule has 0 saturated carbocycles. The standard InChI is InChI=1S/C14H18BrN3/c1-9(2)14-11(7-16)8-17-18(14)13-5-4-10(3)6-12(13)15/h4-6,8-9H,7,16H2,1-3H3. The lowest BCUT2D eigenvalue weighted by molar-refractivity contribution is 0.723. The van der Waals surface area contributed by atoms with Crippen LogP contribution in [0, 0.1) is 6.92 Å². The smallest absolute Gasteiger partial charge is 0.0791 e. The molecule has 0 aliphatic carbocycles. The van der Waals surface area contributed by atoms with Crippen LogP contribution in [0.4, 0.5) is 0 Å². The minimum Gasteiger partial charge on any atom is -0.326 e. The van der Waals surface area contributed by atoms with Crippen LogP contribution in [-0.4, -0.2) is 9.78 Å². The van der Waals surface area contributed by atoms with Gasteiger partial charge in [-0.15, -0.1) is 0 Å². The molecule has 0 spiro atoms. The Bertz CT molecular complexity index is 558. The number of nitrogens with zero attached hydrogens (tertiary/aromatic N) is 2. The second-order valence-corrected chi connectivity index (χ2v) is 5.63. The summed E-state index contributed by atoms with van der Waals surface area (Å²) in [4.78, 5) is 0. The van der Waals surface area contributed by atoms with Gasteiger partial charge in [-0.1, -0.05) is 19.9 Å². The predicted octanol–water partition coefficient (Wildman–Crippen LogP) is 3.53. The molecule has 2 rings (SSSR count). The molecule has 2 N–H and O–H groups in total. The van der Waals surface area contributed by atoms with E-state index < -0.39 is 0 Å². The molecule has 1 aromatic heterocycles. The summed E-state index contributed by atoms with van der Waals surface area (Å²) in [5, 5.41) is 4.48. The molecular formula is C14H18BrN3. The van der Waals surface area contributed by atoms with Crippen LogP contribution in [0.15, 0.2) is 28.9 Å². The predicted molar refractivity (Wildman–Crippen MR) is 78.0 cm³/mol. The minimum atomic E-state index is 0.388. The van der Waals surface area contributed by atoms with Gasteiger partial charge in [-0.3, -0.25) is 0 Å². The zero-order chi connectivity index (χ0) is 13.3. The van der Waals surface area contributed by atoms with E-state index in [1.54, 1.807) is 0 Å². The van der Waals surface area contributed by atoms with E-state index in [0.29, 0.717) is 12.5 Å². The summed E-state index contributed by atoms with van der Waals surface area (Å²) in [5.74, 6) is 0.388. The first-order chi connectivity index (χ1) is 8.54. The normalized spacial score (nSPS) is 11.2. The first-order valence-corrected chi connectivity index (χ1v) is 6.87. The average molecular weight is 308 g/mol. The maximum absolute atomic E-state index is 5.78. The van der Waals surface area contributed by atoms with Gasteiger partial charge < -0.3 is 5.73 Å². The average Bonchev–Trinajstić information content (AvgIpc) is 2.72. The van der Waals surface area contributed by atoms with Crippen LogP contribution in [-0.2, 0) is 6.54 Å². The molecule has 0 unspecified atom stereocenters. The highest BCUT2D eigenvalue weighted by molar-refractivity contribution is 9.10. The van der Waals surface area contributed by atoms with Crippen molar-refractivity contribution in [1.82, 2.24) is 9.78 Å². The Kier molecular flexibility index (Phi) is 3.88. The molecule has 96 valence electrons. The van der Waals surface area contributed by atoms with E-state index in [0.717, 1.165) is 15.7 Å². The van der Waals surface area contributed by atoms with Crippen molar-refractivity contribution in [2.24, 2.45) is 5.73 Å². The molecule has 0 bridgehead atoms. The molecular weight excluding hydrogens is 290 g/mol. The topological polar surface area (TPSA) is 43.8 Å². The van der Waals surface area contributed by atoms with E-state index in [9.17, 15) is 0 Å². The summed E-state index contributed by atoms with van der Waals surface area (Å²) in [6, 6.07) is 6.27. The Labute approximate surface area is 116 Å². The molecule has 0 aliphatic rings. The van der Waals surface area contributed by atoms with Gasteiger partial charge in [0.15, 0.2) is 0 Å². The Hall–Kier alpha value is -1.13. The quantitative estimate of drug-likeness (QED) is 0.942. The van der Waals surface area contributed by atoms with Crippen molar-refractivity contribution in [3.05, 3.63) is 45.7 Å². The van der Waals surface area contributed by atoms with Crippen LogP contribution in [0.5, 0.6) is 0 Å². The Morgan fingerprint density at radius 1 is 1.39 bits per heavy atom. The van der Waals surface area contributed by atoms with Gasteiger partial charge in [0.2, 0.25) is 0 Å². The monoisotopic (exact) mass is 307 g/mol. The second kappa shape index (κ2) is 5.24. The summed E-state index contributed by atoms with van der Waals surface area (Å²) < 4.78 is 3.03. The van der Waals surface area contributed by atoms with Gasteiger partial charge in [0, 0.05) is 16.6 Å². The fourth-order valence-electron chi connectivity index (χ4n) is 2.14. The molecule has 18 heavy (non-hydrogen) atoms. The number of halogens is 1. The number of rotatable bonds is 3. The van der Waals surface area contributed by atoms with Gasteiger partial charge >= 0.3 is 0 Å². The van der Waals surface area contributed by atoms with Crippen molar-refractivity contribution in [1.29, 1.82) is 0 Å². The maximum atomic E-state index is 5.78. The lowest BCUT2D eigenvalue weighted by Crippen LogP contribution is -2.08. The fraction of sp³-hybridized carbons (Fsp3) is 0.357. The van der Waals surface area contributed by atoms with Crippen molar-refractivity contribution >= 4 is 15.9 Å². The SMILES string of the molecule is Cc1ccc(-n2ncc(CN)c2C(C)C)c(Br)c1. The van der Waals surface area contributed by atoms with Gasteiger partial charge in [0.05, 0.1) is 17.6 Å². The molecule has 0 aliphatic heterocycles. The highest BCUT2D eigenvalue weighted by atomic mass is 79.9. The maximum Gasteiger partial charge on any atom is 0.0791 e. The summed E-state index contributed by atoms with van der Waals surface area (Å²) >= 11 is 3.61. The van der Waals surface area contributed by atoms with E-state index in [-0.39, 0.29) is 0 Å². The summed E-state index contributed by atoms with van der Waals surface area (Å²) in [5.41, 5.74) is 10.4. The third kappa shape index (κ3) is 2.35. The number of hydrogen-bond acceptors (Lipinski definition) is 2. The Balaban J connectivity index is 2.60. The minimum absolute atomic E-state index is 0.388. The van der Waals surface area contributed by atoms with Gasteiger partial charge in [-0.25, -0.2) is 4.68 Å². The van der Waals surface area contributed by atoms with Crippen LogP contribution in [0.3, 0.4) is 0 Å². The first-order valence-electron chi connectivity index (χ1n) is 6.08. The van der Waals surface area contributed by atoms with E-state index in [4.69, 9.17) is 5.73 Å². The van der Waals surface area contributed by atoms with Gasteiger partial charge in [0.1, 0.15) is 0 Å². The van der Waals surface area contributed by atoms with Gasteiger partial charge in [-0.2, -0.15) is 5.10 Å². The molecule has 2 aromatic rings. The van der Waals surface area contributed by atoms with Crippen LogP contribution < -0.4 is 5.73 Å². The molecule has 0 fully saturated rings. The first kappa shape index (κ1) is 13.3. The molecule has 1 aromatic carbocycles. The van der Waals surface area contributed by atoms with Crippen LogP contribution >= 0.6 is 15.9 Å². The number of aromatic nitrogens is 2. The molecule has 1 heterocycles. The summed E-state index contributed by atoms with van der Waals surface area (Å²) in [6.45, 7) is 6.92. The Morgan fingerprint density at radius 3 is 2.67 bits per heavy atom. The largest absolute Gasteiger partial charge is 0.326 e. The van der Waals surface area contributed by atoms with Crippen LogP contribution in [0.1, 0.15) is 36.6 Å². The fourth-order valence-corrected chi connectivity index (χ4v) is 2.80. The van der Waals surface area contributed by atoms with Crippen molar-refractivity contribution in [3.63, 3.8) is 0 Å². The number of aryl methyl sites for hydroxylation is 1. The molecule has 0 amide bonds. The van der Waals surface area contributed by atoms with E-state index in [2.05, 4.69) is 60.0 Å². The summed E-state index contributed by atoms with van der Waals surface area (Å²) in [7, 11) is 0. The highest BCUT2D eigenvalue weighted by Crippen LogP contribution is 2.27. The lowest BCUT2D eigenvalue weighted by atomic mass is 10.1.